The Bertz CT molecular complexity index is 1000. The fourth-order valence-corrected chi connectivity index (χ4v) is 3.36. The summed E-state index contributed by atoms with van der Waals surface area (Å²) in [6, 6.07) is 10.4. The molecule has 0 aliphatic carbocycles. The van der Waals surface area contributed by atoms with E-state index in [0.717, 1.165) is 4.57 Å². The Labute approximate surface area is 147 Å². The number of thiophene rings is 1. The van der Waals surface area contributed by atoms with E-state index >= 15 is 0 Å². The summed E-state index contributed by atoms with van der Waals surface area (Å²) in [5.41, 5.74) is 0.0247. The zero-order valence-electron chi connectivity index (χ0n) is 13.6. The maximum atomic E-state index is 12.9. The van der Waals surface area contributed by atoms with Crippen LogP contribution in [0.25, 0.3) is 15.9 Å². The SMILES string of the molecule is COCCNC(=O)Cn1c(=O)n(-c2ccccc2)c(=O)c2sccc21. The number of carbonyl (C=O) groups is 1. The van der Waals surface area contributed by atoms with Crippen molar-refractivity contribution in [1.29, 1.82) is 0 Å². The zero-order valence-corrected chi connectivity index (χ0v) is 14.4. The van der Waals surface area contributed by atoms with Crippen molar-refractivity contribution in [1.82, 2.24) is 14.5 Å². The van der Waals surface area contributed by atoms with Crippen LogP contribution in [-0.2, 0) is 16.1 Å². The number of benzene rings is 1. The molecule has 0 unspecified atom stereocenters. The molecule has 1 N–H and O–H groups in total. The largest absolute Gasteiger partial charge is 0.383 e. The molecule has 0 saturated carbocycles. The Morgan fingerprint density at radius 1 is 1.20 bits per heavy atom. The fourth-order valence-electron chi connectivity index (χ4n) is 2.54. The number of amides is 1. The van der Waals surface area contributed by atoms with E-state index in [1.807, 2.05) is 0 Å². The Morgan fingerprint density at radius 3 is 2.68 bits per heavy atom. The maximum absolute atomic E-state index is 12.9. The molecule has 0 aliphatic rings. The van der Waals surface area contributed by atoms with Crippen molar-refractivity contribution < 1.29 is 9.53 Å². The summed E-state index contributed by atoms with van der Waals surface area (Å²) < 4.78 is 7.75. The third-order valence-corrected chi connectivity index (χ3v) is 4.59. The van der Waals surface area contributed by atoms with Gasteiger partial charge < -0.3 is 10.1 Å². The molecule has 130 valence electrons. The predicted molar refractivity (Wildman–Crippen MR) is 96.6 cm³/mol. The number of para-hydroxylation sites is 1. The third kappa shape index (κ3) is 3.40. The molecule has 0 aliphatic heterocycles. The highest BCUT2D eigenvalue weighted by Gasteiger charge is 2.17. The summed E-state index contributed by atoms with van der Waals surface area (Å²) in [6.07, 6.45) is 0. The average molecular weight is 359 g/mol. The predicted octanol–water partition coefficient (Wildman–Crippen LogP) is 0.977. The van der Waals surface area contributed by atoms with E-state index < -0.39 is 5.69 Å². The first kappa shape index (κ1) is 17.1. The van der Waals surface area contributed by atoms with Crippen molar-refractivity contribution in [3.63, 3.8) is 0 Å². The Morgan fingerprint density at radius 2 is 1.96 bits per heavy atom. The molecule has 1 amide bonds. The Balaban J connectivity index is 2.09. The normalized spacial score (nSPS) is 10.9. The van der Waals surface area contributed by atoms with Gasteiger partial charge in [-0.2, -0.15) is 0 Å². The molecular weight excluding hydrogens is 342 g/mol. The maximum Gasteiger partial charge on any atom is 0.336 e. The Hall–Kier alpha value is -2.71. The van der Waals surface area contributed by atoms with E-state index in [1.54, 1.807) is 48.9 Å². The van der Waals surface area contributed by atoms with Crippen molar-refractivity contribution >= 4 is 27.5 Å². The minimum absolute atomic E-state index is 0.164. The number of rotatable bonds is 6. The molecule has 0 bridgehead atoms. The van der Waals surface area contributed by atoms with Crippen LogP contribution < -0.4 is 16.6 Å². The van der Waals surface area contributed by atoms with Gasteiger partial charge >= 0.3 is 5.69 Å². The number of ether oxygens (including phenoxy) is 1. The van der Waals surface area contributed by atoms with Crippen LogP contribution in [0.5, 0.6) is 0 Å². The van der Waals surface area contributed by atoms with Crippen LogP contribution in [0, 0.1) is 0 Å². The molecule has 2 aromatic heterocycles. The van der Waals surface area contributed by atoms with E-state index in [1.165, 1.54) is 15.9 Å². The number of nitrogens with zero attached hydrogens (tertiary/aromatic N) is 2. The number of aromatic nitrogens is 2. The highest BCUT2D eigenvalue weighted by Crippen LogP contribution is 2.16. The van der Waals surface area contributed by atoms with E-state index in [0.29, 0.717) is 29.1 Å². The summed E-state index contributed by atoms with van der Waals surface area (Å²) in [6.45, 7) is 0.579. The minimum atomic E-state index is -0.538. The zero-order chi connectivity index (χ0) is 17.8. The summed E-state index contributed by atoms with van der Waals surface area (Å²) in [7, 11) is 1.54. The molecule has 0 atom stereocenters. The topological polar surface area (TPSA) is 82.3 Å². The van der Waals surface area contributed by atoms with Crippen molar-refractivity contribution in [3.8, 4) is 5.69 Å². The summed E-state index contributed by atoms with van der Waals surface area (Å²) in [5, 5.41) is 4.42. The van der Waals surface area contributed by atoms with Crippen LogP contribution in [0.3, 0.4) is 0 Å². The van der Waals surface area contributed by atoms with Crippen molar-refractivity contribution in [3.05, 3.63) is 62.6 Å². The monoisotopic (exact) mass is 359 g/mol. The molecule has 2 heterocycles. The van der Waals surface area contributed by atoms with Gasteiger partial charge in [-0.05, 0) is 23.6 Å². The van der Waals surface area contributed by atoms with Crippen molar-refractivity contribution in [2.24, 2.45) is 0 Å². The minimum Gasteiger partial charge on any atom is -0.383 e. The van der Waals surface area contributed by atoms with Gasteiger partial charge in [0.15, 0.2) is 0 Å². The van der Waals surface area contributed by atoms with Crippen LogP contribution in [-0.4, -0.2) is 35.3 Å². The molecule has 7 nitrogen and oxygen atoms in total. The molecule has 3 rings (SSSR count). The molecule has 0 spiro atoms. The van der Waals surface area contributed by atoms with E-state index in [-0.39, 0.29) is 18.0 Å². The van der Waals surface area contributed by atoms with Gasteiger partial charge in [-0.3, -0.25) is 14.2 Å². The highest BCUT2D eigenvalue weighted by atomic mass is 32.1. The van der Waals surface area contributed by atoms with Crippen LogP contribution in [0.15, 0.2) is 51.4 Å². The molecule has 0 saturated heterocycles. The van der Waals surface area contributed by atoms with Gasteiger partial charge in [0.2, 0.25) is 5.91 Å². The lowest BCUT2D eigenvalue weighted by Crippen LogP contribution is -2.41. The number of fused-ring (bicyclic) bond motifs is 1. The number of carbonyl (C=O) groups excluding carboxylic acids is 1. The molecule has 0 fully saturated rings. The van der Waals surface area contributed by atoms with Gasteiger partial charge in [-0.25, -0.2) is 9.36 Å². The number of hydrogen-bond donors (Lipinski definition) is 1. The quantitative estimate of drug-likeness (QED) is 0.665. The lowest BCUT2D eigenvalue weighted by molar-refractivity contribution is -0.121. The number of methoxy groups -OCH3 is 1. The van der Waals surface area contributed by atoms with Crippen LogP contribution in [0.4, 0.5) is 0 Å². The van der Waals surface area contributed by atoms with Crippen molar-refractivity contribution in [2.75, 3.05) is 20.3 Å². The van der Waals surface area contributed by atoms with E-state index in [4.69, 9.17) is 4.74 Å². The van der Waals surface area contributed by atoms with Crippen LogP contribution in [0.1, 0.15) is 0 Å². The van der Waals surface area contributed by atoms with E-state index in [2.05, 4.69) is 5.32 Å². The Kier molecular flexibility index (Phi) is 5.11. The average Bonchev–Trinajstić information content (AvgIpc) is 3.10. The van der Waals surface area contributed by atoms with Gasteiger partial charge in [0.05, 0.1) is 17.8 Å². The van der Waals surface area contributed by atoms with Gasteiger partial charge in [0, 0.05) is 13.7 Å². The lowest BCUT2D eigenvalue weighted by atomic mass is 10.3. The smallest absolute Gasteiger partial charge is 0.336 e. The number of hydrogen-bond acceptors (Lipinski definition) is 5. The first-order chi connectivity index (χ1) is 12.1. The second-order valence-corrected chi connectivity index (χ2v) is 6.24. The molecule has 0 radical (unpaired) electrons. The molecular formula is C17H17N3O4S. The second-order valence-electron chi connectivity index (χ2n) is 5.32. The summed E-state index contributed by atoms with van der Waals surface area (Å²) in [5.74, 6) is -0.315. The van der Waals surface area contributed by atoms with E-state index in [9.17, 15) is 14.4 Å². The van der Waals surface area contributed by atoms with Gasteiger partial charge in [0.1, 0.15) is 11.2 Å². The van der Waals surface area contributed by atoms with Gasteiger partial charge in [-0.15, -0.1) is 11.3 Å². The molecule has 25 heavy (non-hydrogen) atoms. The first-order valence-electron chi connectivity index (χ1n) is 7.67. The molecule has 8 heteroatoms. The van der Waals surface area contributed by atoms with Gasteiger partial charge in [-0.1, -0.05) is 18.2 Å². The fraction of sp³-hybridized carbons (Fsp3) is 0.235. The molecule has 1 aromatic carbocycles. The number of nitrogens with one attached hydrogen (secondary N) is 1. The first-order valence-corrected chi connectivity index (χ1v) is 8.55. The van der Waals surface area contributed by atoms with Crippen LogP contribution >= 0.6 is 11.3 Å². The standard InChI is InChI=1S/C17H17N3O4S/c1-24-9-8-18-14(21)11-19-13-7-10-25-15(13)16(22)20(17(19)23)12-5-3-2-4-6-12/h2-7,10H,8-9,11H2,1H3,(H,18,21). The third-order valence-electron chi connectivity index (χ3n) is 3.70. The van der Waals surface area contributed by atoms with Gasteiger partial charge in [0.25, 0.3) is 5.56 Å². The highest BCUT2D eigenvalue weighted by molar-refractivity contribution is 7.17. The summed E-state index contributed by atoms with van der Waals surface area (Å²) >= 11 is 1.25. The molecule has 3 aromatic rings. The van der Waals surface area contributed by atoms with Crippen LogP contribution in [0.2, 0.25) is 0 Å². The second kappa shape index (κ2) is 7.45. The summed E-state index contributed by atoms with van der Waals surface area (Å²) in [4.78, 5) is 37.7. The van der Waals surface area contributed by atoms with Crippen molar-refractivity contribution in [2.45, 2.75) is 6.54 Å². The lowest BCUT2D eigenvalue weighted by Gasteiger charge is -2.12.